The summed E-state index contributed by atoms with van der Waals surface area (Å²) in [6.45, 7) is 1.46. The maximum absolute atomic E-state index is 11.2. The zero-order chi connectivity index (χ0) is 10.2. The van der Waals surface area contributed by atoms with Gasteiger partial charge >= 0.3 is 11.9 Å². The molecule has 0 amide bonds. The molecule has 0 aromatic rings. The van der Waals surface area contributed by atoms with E-state index in [-0.39, 0.29) is 12.0 Å². The number of allylic oxidation sites excluding steroid dienone is 1. The van der Waals surface area contributed by atoms with Crippen LogP contribution < -0.4 is 0 Å². The summed E-state index contributed by atoms with van der Waals surface area (Å²) >= 11 is 0. The van der Waals surface area contributed by atoms with E-state index >= 15 is 0 Å². The van der Waals surface area contributed by atoms with E-state index in [4.69, 9.17) is 10.2 Å². The Morgan fingerprint density at radius 2 is 1.92 bits per heavy atom. The third kappa shape index (κ3) is 1.44. The van der Waals surface area contributed by atoms with Crippen molar-refractivity contribution < 1.29 is 24.6 Å². The summed E-state index contributed by atoms with van der Waals surface area (Å²) in [5, 5.41) is 17.1. The van der Waals surface area contributed by atoms with E-state index in [0.29, 0.717) is 5.57 Å². The fourth-order valence-electron chi connectivity index (χ4n) is 1.37. The van der Waals surface area contributed by atoms with Gasteiger partial charge in [0.1, 0.15) is 11.5 Å². The Labute approximate surface area is 73.7 Å². The van der Waals surface area contributed by atoms with Crippen LogP contribution >= 0.6 is 0 Å². The minimum atomic E-state index is -1.34. The standard InChI is InChI=1S/C8H8O5/c1-3-2-4(7(10)11)6(9)5(3)8(12)13/h4H,2H2,1H3,(H,10,11)(H,12,13). The molecule has 0 spiro atoms. The monoisotopic (exact) mass is 184 g/mol. The highest BCUT2D eigenvalue weighted by molar-refractivity contribution is 6.24. The molecule has 1 aliphatic rings. The molecule has 70 valence electrons. The van der Waals surface area contributed by atoms with Crippen molar-refractivity contribution in [2.24, 2.45) is 5.92 Å². The Hall–Kier alpha value is -1.65. The molecule has 5 nitrogen and oxygen atoms in total. The van der Waals surface area contributed by atoms with Crippen LogP contribution in [0.15, 0.2) is 11.1 Å². The molecule has 1 rings (SSSR count). The second-order valence-corrected chi connectivity index (χ2v) is 2.92. The van der Waals surface area contributed by atoms with E-state index in [9.17, 15) is 14.4 Å². The molecule has 0 radical (unpaired) electrons. The smallest absolute Gasteiger partial charge is 0.339 e. The van der Waals surface area contributed by atoms with Crippen molar-refractivity contribution in [3.8, 4) is 0 Å². The highest BCUT2D eigenvalue weighted by atomic mass is 16.4. The van der Waals surface area contributed by atoms with E-state index in [2.05, 4.69) is 0 Å². The van der Waals surface area contributed by atoms with Crippen molar-refractivity contribution in [1.29, 1.82) is 0 Å². The van der Waals surface area contributed by atoms with E-state index in [1.54, 1.807) is 0 Å². The lowest BCUT2D eigenvalue weighted by molar-refractivity contribution is -0.145. The highest BCUT2D eigenvalue weighted by Crippen LogP contribution is 2.28. The zero-order valence-electron chi connectivity index (χ0n) is 6.90. The van der Waals surface area contributed by atoms with Crippen LogP contribution in [0.3, 0.4) is 0 Å². The highest BCUT2D eigenvalue weighted by Gasteiger charge is 2.39. The maximum atomic E-state index is 11.2. The van der Waals surface area contributed by atoms with E-state index in [0.717, 1.165) is 0 Å². The van der Waals surface area contributed by atoms with Crippen molar-refractivity contribution in [1.82, 2.24) is 0 Å². The fraction of sp³-hybridized carbons (Fsp3) is 0.375. The number of carboxylic acid groups (broad SMARTS) is 2. The Balaban J connectivity index is 3.01. The van der Waals surface area contributed by atoms with Crippen LogP contribution in [0.25, 0.3) is 0 Å². The van der Waals surface area contributed by atoms with Crippen LogP contribution in [0, 0.1) is 5.92 Å². The average Bonchev–Trinajstić information content (AvgIpc) is 2.26. The number of hydrogen-bond acceptors (Lipinski definition) is 3. The van der Waals surface area contributed by atoms with Gasteiger partial charge in [0.2, 0.25) is 0 Å². The van der Waals surface area contributed by atoms with E-state index in [1.165, 1.54) is 6.92 Å². The molecule has 13 heavy (non-hydrogen) atoms. The second kappa shape index (κ2) is 3.01. The summed E-state index contributed by atoms with van der Waals surface area (Å²) in [6, 6.07) is 0. The van der Waals surface area contributed by atoms with Crippen LogP contribution in [0.4, 0.5) is 0 Å². The van der Waals surface area contributed by atoms with Gasteiger partial charge in [-0.25, -0.2) is 4.79 Å². The van der Waals surface area contributed by atoms with Crippen LogP contribution in [0.2, 0.25) is 0 Å². The fourth-order valence-corrected chi connectivity index (χ4v) is 1.37. The quantitative estimate of drug-likeness (QED) is 0.467. The average molecular weight is 184 g/mol. The zero-order valence-corrected chi connectivity index (χ0v) is 6.90. The van der Waals surface area contributed by atoms with Crippen LogP contribution in [0.5, 0.6) is 0 Å². The Morgan fingerprint density at radius 3 is 2.15 bits per heavy atom. The largest absolute Gasteiger partial charge is 0.481 e. The molecule has 0 saturated heterocycles. The number of hydrogen-bond donors (Lipinski definition) is 2. The first-order chi connectivity index (χ1) is 5.95. The van der Waals surface area contributed by atoms with Gasteiger partial charge in [-0.1, -0.05) is 5.57 Å². The van der Waals surface area contributed by atoms with Crippen molar-refractivity contribution >= 4 is 17.7 Å². The molecule has 0 saturated carbocycles. The SMILES string of the molecule is CC1=C(C(=O)O)C(=O)C(C(=O)O)C1. The molecule has 0 fully saturated rings. The van der Waals surface area contributed by atoms with E-state index in [1.807, 2.05) is 0 Å². The summed E-state index contributed by atoms with van der Waals surface area (Å²) in [7, 11) is 0. The topological polar surface area (TPSA) is 91.7 Å². The molecule has 0 bridgehead atoms. The normalized spacial score (nSPS) is 22.2. The Morgan fingerprint density at radius 1 is 1.38 bits per heavy atom. The predicted molar refractivity (Wildman–Crippen MR) is 41.1 cm³/mol. The molecule has 0 aromatic heterocycles. The van der Waals surface area contributed by atoms with Gasteiger partial charge in [0, 0.05) is 0 Å². The molecular formula is C8H8O5. The first-order valence-electron chi connectivity index (χ1n) is 3.65. The summed E-state index contributed by atoms with van der Waals surface area (Å²) < 4.78 is 0. The third-order valence-electron chi connectivity index (χ3n) is 2.01. The molecule has 1 atom stereocenters. The van der Waals surface area contributed by atoms with Gasteiger partial charge in [-0.05, 0) is 13.3 Å². The van der Waals surface area contributed by atoms with Gasteiger partial charge in [0.05, 0.1) is 0 Å². The van der Waals surface area contributed by atoms with Crippen LogP contribution in [-0.2, 0) is 14.4 Å². The Bertz CT molecular complexity index is 325. The summed E-state index contributed by atoms with van der Waals surface area (Å²) in [4.78, 5) is 32.2. The number of carbonyl (C=O) groups excluding carboxylic acids is 1. The first-order valence-corrected chi connectivity index (χ1v) is 3.65. The molecule has 0 aromatic carbocycles. The molecule has 5 heteroatoms. The number of Topliss-reactive ketones (excluding diaryl/α,β-unsaturated/α-hetero) is 1. The molecule has 2 N–H and O–H groups in total. The van der Waals surface area contributed by atoms with Crippen LogP contribution in [-0.4, -0.2) is 27.9 Å². The van der Waals surface area contributed by atoms with Crippen LogP contribution in [0.1, 0.15) is 13.3 Å². The van der Waals surface area contributed by atoms with Gasteiger partial charge in [0.25, 0.3) is 0 Å². The molecular weight excluding hydrogens is 176 g/mol. The molecule has 0 heterocycles. The molecule has 1 unspecified atom stereocenters. The van der Waals surface area contributed by atoms with Gasteiger partial charge in [0.15, 0.2) is 5.78 Å². The summed E-state index contributed by atoms with van der Waals surface area (Å²) in [5.74, 6) is -4.60. The lowest BCUT2D eigenvalue weighted by Gasteiger charge is -1.99. The number of carboxylic acids is 2. The number of rotatable bonds is 2. The number of aliphatic carboxylic acids is 2. The first kappa shape index (κ1) is 9.44. The maximum Gasteiger partial charge on any atom is 0.339 e. The molecule has 0 aliphatic heterocycles. The van der Waals surface area contributed by atoms with Gasteiger partial charge in [-0.2, -0.15) is 0 Å². The Kier molecular flexibility index (Phi) is 2.18. The third-order valence-corrected chi connectivity index (χ3v) is 2.01. The van der Waals surface area contributed by atoms with Gasteiger partial charge in [-0.3, -0.25) is 9.59 Å². The van der Waals surface area contributed by atoms with Crippen molar-refractivity contribution in [2.45, 2.75) is 13.3 Å². The lowest BCUT2D eigenvalue weighted by atomic mass is 10.0. The van der Waals surface area contributed by atoms with Crippen molar-refractivity contribution in [2.75, 3.05) is 0 Å². The van der Waals surface area contributed by atoms with Gasteiger partial charge in [-0.15, -0.1) is 0 Å². The minimum absolute atomic E-state index is 0.00972. The molecule has 1 aliphatic carbocycles. The van der Waals surface area contributed by atoms with Crippen molar-refractivity contribution in [3.05, 3.63) is 11.1 Å². The minimum Gasteiger partial charge on any atom is -0.481 e. The number of carbonyl (C=O) groups is 3. The second-order valence-electron chi connectivity index (χ2n) is 2.92. The van der Waals surface area contributed by atoms with E-state index < -0.39 is 23.6 Å². The lowest BCUT2D eigenvalue weighted by Crippen LogP contribution is -2.22. The predicted octanol–water partition coefficient (Wildman–Crippen LogP) is 0.0611. The number of ketones is 1. The summed E-state index contributed by atoms with van der Waals surface area (Å²) in [6.07, 6.45) is 0.00972. The van der Waals surface area contributed by atoms with Crippen molar-refractivity contribution in [3.63, 3.8) is 0 Å². The van der Waals surface area contributed by atoms with Gasteiger partial charge < -0.3 is 10.2 Å². The summed E-state index contributed by atoms with van der Waals surface area (Å²) in [5.41, 5.74) is -0.0303.